The van der Waals surface area contributed by atoms with E-state index >= 15 is 0 Å². The van der Waals surface area contributed by atoms with Crippen molar-refractivity contribution in [2.24, 2.45) is 0 Å². The summed E-state index contributed by atoms with van der Waals surface area (Å²) in [6.45, 7) is 6.67. The van der Waals surface area contributed by atoms with Crippen molar-refractivity contribution in [3.63, 3.8) is 0 Å². The summed E-state index contributed by atoms with van der Waals surface area (Å²) in [6.07, 6.45) is 0.404. The molecule has 4 aromatic carbocycles. The van der Waals surface area contributed by atoms with E-state index in [9.17, 15) is 43.9 Å². The van der Waals surface area contributed by atoms with Crippen LogP contribution in [0.3, 0.4) is 0 Å². The molecular weight excluding hydrogens is 620 g/mol. The minimum absolute atomic E-state index is 0.0853. The Morgan fingerprint density at radius 3 is 2.09 bits per heavy atom. The van der Waals surface area contributed by atoms with Gasteiger partial charge in [0.1, 0.15) is 16.4 Å². The number of fused-ring (bicyclic) bond motifs is 2. The highest BCUT2D eigenvalue weighted by atomic mass is 32.2. The van der Waals surface area contributed by atoms with Crippen LogP contribution in [0, 0.1) is 20.8 Å². The molecule has 0 radical (unpaired) electrons. The number of carbonyl (C=O) groups excluding carboxylic acids is 1. The van der Waals surface area contributed by atoms with E-state index in [0.29, 0.717) is 28.9 Å². The zero-order chi connectivity index (χ0) is 33.5. The molecule has 6 N–H and O–H groups in total. The Morgan fingerprint density at radius 2 is 1.39 bits per heavy atom. The Bertz CT molecular complexity index is 2090. The normalized spacial score (nSPS) is 21.2. The van der Waals surface area contributed by atoms with Gasteiger partial charge in [-0.05, 0) is 81.1 Å². The first-order chi connectivity index (χ1) is 21.5. The smallest absolute Gasteiger partial charge is 0.355 e. The Kier molecular flexibility index (Phi) is 6.84. The number of carbonyl (C=O) groups is 1. The van der Waals surface area contributed by atoms with Gasteiger partial charge < -0.3 is 40.1 Å². The van der Waals surface area contributed by atoms with Crippen molar-refractivity contribution >= 4 is 16.1 Å². The molecule has 6 rings (SSSR count). The Morgan fingerprint density at radius 1 is 0.761 bits per heavy atom. The Labute approximate surface area is 263 Å². The number of phenolic OH excluding ortho intramolecular Hbond substituents is 6. The van der Waals surface area contributed by atoms with E-state index in [-0.39, 0.29) is 28.2 Å². The molecule has 2 aliphatic rings. The van der Waals surface area contributed by atoms with Crippen LogP contribution in [0.15, 0.2) is 53.4 Å². The van der Waals surface area contributed by atoms with Gasteiger partial charge >= 0.3 is 5.97 Å². The molecule has 13 heteroatoms. The van der Waals surface area contributed by atoms with Gasteiger partial charge in [-0.3, -0.25) is 0 Å². The van der Waals surface area contributed by atoms with Crippen LogP contribution in [0.5, 0.6) is 46.0 Å². The van der Waals surface area contributed by atoms with Crippen LogP contribution in [-0.4, -0.2) is 50.6 Å². The molecule has 0 fully saturated rings. The number of rotatable bonds is 4. The van der Waals surface area contributed by atoms with Gasteiger partial charge in [0.2, 0.25) is 17.1 Å². The molecule has 240 valence electrons. The number of aromatic hydroxyl groups is 6. The molecule has 2 aliphatic heterocycles. The van der Waals surface area contributed by atoms with Crippen LogP contribution in [0.25, 0.3) is 0 Å². The minimum Gasteiger partial charge on any atom is -0.507 e. The number of benzene rings is 4. The maximum absolute atomic E-state index is 14.0. The maximum Gasteiger partial charge on any atom is 0.355 e. The van der Waals surface area contributed by atoms with Crippen molar-refractivity contribution in [3.05, 3.63) is 87.5 Å². The van der Waals surface area contributed by atoms with Crippen molar-refractivity contribution in [1.82, 2.24) is 0 Å². The van der Waals surface area contributed by atoms with Gasteiger partial charge in [-0.15, -0.1) is 0 Å². The second-order valence-electron chi connectivity index (χ2n) is 11.6. The number of ether oxygens (including phenoxy) is 2. The van der Waals surface area contributed by atoms with Crippen molar-refractivity contribution < 1.29 is 57.5 Å². The summed E-state index contributed by atoms with van der Waals surface area (Å²) in [5.74, 6) is -5.57. The van der Waals surface area contributed by atoms with E-state index in [4.69, 9.17) is 13.7 Å². The second kappa shape index (κ2) is 10.2. The van der Waals surface area contributed by atoms with Gasteiger partial charge in [-0.25, -0.2) is 8.98 Å². The van der Waals surface area contributed by atoms with Crippen molar-refractivity contribution in [2.75, 3.05) is 0 Å². The molecule has 0 bridgehead atoms. The quantitative estimate of drug-likeness (QED) is 0.0781. The van der Waals surface area contributed by atoms with E-state index in [0.717, 1.165) is 29.8 Å². The molecule has 46 heavy (non-hydrogen) atoms. The molecular formula is C33H30O12S. The third-order valence-electron chi connectivity index (χ3n) is 8.92. The summed E-state index contributed by atoms with van der Waals surface area (Å²) in [5, 5.41) is 63.7. The number of esters is 1. The van der Waals surface area contributed by atoms with E-state index < -0.39 is 67.4 Å². The van der Waals surface area contributed by atoms with E-state index in [1.54, 1.807) is 20.8 Å². The monoisotopic (exact) mass is 650 g/mol. The third-order valence-corrected chi connectivity index (χ3v) is 10.3. The molecule has 0 saturated carbocycles. The number of hydrogen-bond donors (Lipinski definition) is 6. The minimum atomic E-state index is -4.58. The molecule has 12 nitrogen and oxygen atoms in total. The van der Waals surface area contributed by atoms with Crippen molar-refractivity contribution in [1.29, 1.82) is 0 Å². The number of hydrogen-bond acceptors (Lipinski definition) is 12. The average Bonchev–Trinajstić information content (AvgIpc) is 3.27. The lowest BCUT2D eigenvalue weighted by Gasteiger charge is -2.36. The summed E-state index contributed by atoms with van der Waals surface area (Å²) in [6, 6.07) is 9.77. The van der Waals surface area contributed by atoms with Gasteiger partial charge in [0.25, 0.3) is 10.1 Å². The summed E-state index contributed by atoms with van der Waals surface area (Å²) >= 11 is 0. The molecule has 2 heterocycles. The molecule has 2 atom stereocenters. The summed E-state index contributed by atoms with van der Waals surface area (Å²) in [5.41, 5.74) is -2.39. The molecule has 0 spiro atoms. The van der Waals surface area contributed by atoms with Crippen LogP contribution in [0.1, 0.15) is 52.3 Å². The zero-order valence-corrected chi connectivity index (χ0v) is 25.9. The highest BCUT2D eigenvalue weighted by Crippen LogP contribution is 2.58. The van der Waals surface area contributed by atoms with Crippen molar-refractivity contribution in [3.8, 4) is 46.0 Å². The molecule has 0 aliphatic carbocycles. The van der Waals surface area contributed by atoms with Crippen LogP contribution in [0.2, 0.25) is 0 Å². The standard InChI is InChI=1S/C33H30O12S/c1-15-16(2)29-18(17(3)25(15)36)13-14-32(4,44-29)31(40)43-30-21(10-12-23(35)28(30)39)33(20-9-11-22(34)27(38)26(20)37)19-7-5-6-8-24(19)46(41,42)45-33/h5-12,34-39H,13-14H2,1-4H3. The largest absolute Gasteiger partial charge is 0.507 e. The van der Waals surface area contributed by atoms with Crippen molar-refractivity contribution in [2.45, 2.75) is 56.6 Å². The fraction of sp³-hybridized carbons (Fsp3) is 0.242. The Hall–Kier alpha value is -5.14. The zero-order valence-electron chi connectivity index (χ0n) is 25.1. The Balaban J connectivity index is 1.55. The maximum atomic E-state index is 14.0. The fourth-order valence-electron chi connectivity index (χ4n) is 6.14. The van der Waals surface area contributed by atoms with Crippen LogP contribution in [-0.2, 0) is 31.1 Å². The topological polar surface area (TPSA) is 200 Å². The lowest BCUT2D eigenvalue weighted by molar-refractivity contribution is -0.152. The van der Waals surface area contributed by atoms with Gasteiger partial charge in [-0.2, -0.15) is 8.42 Å². The van der Waals surface area contributed by atoms with Gasteiger partial charge in [0, 0.05) is 28.7 Å². The molecule has 0 saturated heterocycles. The lowest BCUT2D eigenvalue weighted by atomic mass is 9.79. The highest BCUT2D eigenvalue weighted by Gasteiger charge is 2.55. The van der Waals surface area contributed by atoms with Crippen LogP contribution in [0.4, 0.5) is 0 Å². The third kappa shape index (κ3) is 4.22. The van der Waals surface area contributed by atoms with E-state index in [1.807, 2.05) is 0 Å². The first-order valence-corrected chi connectivity index (χ1v) is 15.5. The number of phenols is 6. The van der Waals surface area contributed by atoms with Gasteiger partial charge in [0.05, 0.1) is 0 Å². The van der Waals surface area contributed by atoms with Crippen LogP contribution >= 0.6 is 0 Å². The highest BCUT2D eigenvalue weighted by molar-refractivity contribution is 7.87. The van der Waals surface area contributed by atoms with Gasteiger partial charge in [0.15, 0.2) is 28.6 Å². The van der Waals surface area contributed by atoms with Crippen LogP contribution < -0.4 is 9.47 Å². The SMILES string of the molecule is Cc1c(C)c2c(c(C)c1O)CCC(C)(C(=O)Oc1c(C3(c4ccc(O)c(O)c4O)OS(=O)(=O)c4ccccc43)ccc(O)c1O)O2. The first-order valence-electron chi connectivity index (χ1n) is 14.1. The first kappa shape index (κ1) is 30.9. The second-order valence-corrected chi connectivity index (χ2v) is 13.1. The molecule has 0 aromatic heterocycles. The predicted molar refractivity (Wildman–Crippen MR) is 161 cm³/mol. The van der Waals surface area contributed by atoms with E-state index in [2.05, 4.69) is 0 Å². The lowest BCUT2D eigenvalue weighted by Crippen LogP contribution is -2.47. The van der Waals surface area contributed by atoms with E-state index in [1.165, 1.54) is 31.2 Å². The summed E-state index contributed by atoms with van der Waals surface area (Å²) in [7, 11) is -4.58. The summed E-state index contributed by atoms with van der Waals surface area (Å²) < 4.78 is 44.6. The molecule has 2 unspecified atom stereocenters. The van der Waals surface area contributed by atoms with Gasteiger partial charge in [-0.1, -0.05) is 18.2 Å². The summed E-state index contributed by atoms with van der Waals surface area (Å²) in [4.78, 5) is 13.7. The fourth-order valence-corrected chi connectivity index (χ4v) is 7.56. The molecule has 0 amide bonds. The predicted octanol–water partition coefficient (Wildman–Crippen LogP) is 4.55. The molecule has 4 aromatic rings. The average molecular weight is 651 g/mol.